The van der Waals surface area contributed by atoms with Gasteiger partial charge in [0, 0.05) is 0 Å². The first-order chi connectivity index (χ1) is 6.83. The van der Waals surface area contributed by atoms with E-state index >= 15 is 0 Å². The van der Waals surface area contributed by atoms with Crippen molar-refractivity contribution in [2.24, 2.45) is 5.16 Å². The van der Waals surface area contributed by atoms with E-state index in [0.717, 1.165) is 11.5 Å². The summed E-state index contributed by atoms with van der Waals surface area (Å²) in [4.78, 5) is 4.89. The van der Waals surface area contributed by atoms with E-state index in [9.17, 15) is 0 Å². The van der Waals surface area contributed by atoms with Gasteiger partial charge in [-0.15, -0.1) is 0 Å². The second kappa shape index (κ2) is 6.02. The maximum Gasteiger partial charge on any atom is 0.129 e. The molecule has 0 unspecified atom stereocenters. The summed E-state index contributed by atoms with van der Waals surface area (Å²) in [6.07, 6.45) is 0. The molecule has 0 N–H and O–H groups in total. The summed E-state index contributed by atoms with van der Waals surface area (Å²) in [6, 6.07) is 9.64. The van der Waals surface area contributed by atoms with Crippen LogP contribution >= 0.6 is 0 Å². The van der Waals surface area contributed by atoms with E-state index in [1.807, 2.05) is 44.2 Å². The molecule has 14 heavy (non-hydrogen) atoms. The highest BCUT2D eigenvalue weighted by Gasteiger charge is 1.94. The molecular weight excluding hydrogens is 178 g/mol. The number of hydrogen-bond acceptors (Lipinski definition) is 3. The fourth-order valence-electron chi connectivity index (χ4n) is 0.906. The van der Waals surface area contributed by atoms with Crippen LogP contribution < -0.4 is 4.74 Å². The zero-order valence-electron chi connectivity index (χ0n) is 8.56. The lowest BCUT2D eigenvalue weighted by Crippen LogP contribution is -2.08. The molecule has 0 spiro atoms. The van der Waals surface area contributed by atoms with E-state index in [1.54, 1.807) is 0 Å². The van der Waals surface area contributed by atoms with Crippen LogP contribution in [0.25, 0.3) is 0 Å². The zero-order valence-corrected chi connectivity index (χ0v) is 8.56. The van der Waals surface area contributed by atoms with E-state index in [2.05, 4.69) is 5.16 Å². The van der Waals surface area contributed by atoms with Crippen molar-refractivity contribution in [3.63, 3.8) is 0 Å². The van der Waals surface area contributed by atoms with Gasteiger partial charge in [-0.25, -0.2) is 0 Å². The Balaban J connectivity index is 2.34. The molecule has 0 saturated carbocycles. The van der Waals surface area contributed by atoms with Crippen LogP contribution in [0.4, 0.5) is 0 Å². The highest BCUT2D eigenvalue weighted by molar-refractivity contribution is 5.82. The number of oxime groups is 1. The van der Waals surface area contributed by atoms with Crippen LogP contribution in [0.15, 0.2) is 35.5 Å². The van der Waals surface area contributed by atoms with Crippen LogP contribution in [0.1, 0.15) is 13.8 Å². The fraction of sp³-hybridized carbons (Fsp3) is 0.364. The summed E-state index contributed by atoms with van der Waals surface area (Å²) in [7, 11) is 0. The molecule has 0 aliphatic heterocycles. The molecule has 0 saturated heterocycles. The van der Waals surface area contributed by atoms with Gasteiger partial charge < -0.3 is 9.57 Å². The predicted molar refractivity (Wildman–Crippen MR) is 56.7 cm³/mol. The number of nitrogens with zero attached hydrogens (tertiary/aromatic N) is 1. The minimum Gasteiger partial charge on any atom is -0.488 e. The Morgan fingerprint density at radius 1 is 1.29 bits per heavy atom. The number of rotatable bonds is 5. The van der Waals surface area contributed by atoms with Gasteiger partial charge in [0.05, 0.1) is 5.71 Å². The van der Waals surface area contributed by atoms with Gasteiger partial charge in [0.25, 0.3) is 0 Å². The molecule has 0 radical (unpaired) electrons. The minimum atomic E-state index is 0.462. The lowest BCUT2D eigenvalue weighted by molar-refractivity contribution is 0.156. The molecule has 0 aliphatic carbocycles. The zero-order chi connectivity index (χ0) is 10.2. The van der Waals surface area contributed by atoms with Crippen LogP contribution in [0.2, 0.25) is 0 Å². The summed E-state index contributed by atoms with van der Waals surface area (Å²) >= 11 is 0. The van der Waals surface area contributed by atoms with Crippen molar-refractivity contribution in [2.45, 2.75) is 13.8 Å². The maximum absolute atomic E-state index is 5.45. The minimum absolute atomic E-state index is 0.462. The van der Waals surface area contributed by atoms with E-state index in [-0.39, 0.29) is 0 Å². The quantitative estimate of drug-likeness (QED) is 0.531. The van der Waals surface area contributed by atoms with Crippen molar-refractivity contribution in [2.75, 3.05) is 13.2 Å². The van der Waals surface area contributed by atoms with Gasteiger partial charge >= 0.3 is 0 Å². The average Bonchev–Trinajstić information content (AvgIpc) is 2.25. The summed E-state index contributed by atoms with van der Waals surface area (Å²) in [5, 5.41) is 3.85. The van der Waals surface area contributed by atoms with Crippen LogP contribution in [0, 0.1) is 0 Å². The number of ether oxygens (including phenoxy) is 1. The summed E-state index contributed by atoms with van der Waals surface area (Å²) < 4.78 is 5.45. The molecule has 1 rings (SSSR count). The molecule has 0 bridgehead atoms. The number of benzene rings is 1. The van der Waals surface area contributed by atoms with E-state index in [4.69, 9.17) is 9.57 Å². The monoisotopic (exact) mass is 193 g/mol. The van der Waals surface area contributed by atoms with Gasteiger partial charge in [-0.3, -0.25) is 0 Å². The fourth-order valence-corrected chi connectivity index (χ4v) is 0.906. The molecule has 1 aromatic rings. The number of hydrogen-bond donors (Lipinski definition) is 0. The van der Waals surface area contributed by atoms with Crippen molar-refractivity contribution in [1.29, 1.82) is 0 Å². The average molecular weight is 193 g/mol. The second-order valence-corrected chi connectivity index (χ2v) is 2.85. The van der Waals surface area contributed by atoms with E-state index in [0.29, 0.717) is 13.2 Å². The van der Waals surface area contributed by atoms with Crippen LogP contribution in [-0.4, -0.2) is 18.9 Å². The third-order valence-electron chi connectivity index (χ3n) is 1.54. The predicted octanol–water partition coefficient (Wildman–Crippen LogP) is 2.48. The van der Waals surface area contributed by atoms with Crippen molar-refractivity contribution in [3.8, 4) is 5.75 Å². The van der Waals surface area contributed by atoms with Crippen LogP contribution in [0.5, 0.6) is 5.75 Å². The largest absolute Gasteiger partial charge is 0.488 e. The molecule has 3 heteroatoms. The van der Waals surface area contributed by atoms with Gasteiger partial charge in [-0.1, -0.05) is 23.4 Å². The van der Waals surface area contributed by atoms with Crippen LogP contribution in [-0.2, 0) is 4.84 Å². The van der Waals surface area contributed by atoms with Gasteiger partial charge in [0.15, 0.2) is 0 Å². The smallest absolute Gasteiger partial charge is 0.129 e. The Bertz CT molecular complexity index is 283. The van der Waals surface area contributed by atoms with Crippen molar-refractivity contribution >= 4 is 5.71 Å². The highest BCUT2D eigenvalue weighted by Crippen LogP contribution is 2.07. The van der Waals surface area contributed by atoms with E-state index < -0.39 is 0 Å². The van der Waals surface area contributed by atoms with Gasteiger partial charge in [-0.2, -0.15) is 0 Å². The molecule has 0 heterocycles. The standard InChI is InChI=1S/C11H15NO2/c1-3-14-12-10(2)9-13-11-7-5-4-6-8-11/h4-8H,3,9H2,1-2H3. The van der Waals surface area contributed by atoms with Crippen LogP contribution in [0.3, 0.4) is 0 Å². The first kappa shape index (κ1) is 10.6. The Hall–Kier alpha value is -1.51. The second-order valence-electron chi connectivity index (χ2n) is 2.85. The Labute approximate surface area is 84.3 Å². The Morgan fingerprint density at radius 2 is 2.00 bits per heavy atom. The molecule has 3 nitrogen and oxygen atoms in total. The van der Waals surface area contributed by atoms with Crippen molar-refractivity contribution in [1.82, 2.24) is 0 Å². The maximum atomic E-state index is 5.45. The summed E-state index contributed by atoms with van der Waals surface area (Å²) in [5.74, 6) is 0.846. The van der Waals surface area contributed by atoms with E-state index in [1.165, 1.54) is 0 Å². The summed E-state index contributed by atoms with van der Waals surface area (Å²) in [5.41, 5.74) is 0.829. The molecule has 1 aromatic carbocycles. The van der Waals surface area contributed by atoms with Gasteiger partial charge in [0.1, 0.15) is 19.0 Å². The topological polar surface area (TPSA) is 30.8 Å². The third-order valence-corrected chi connectivity index (χ3v) is 1.54. The molecule has 0 aromatic heterocycles. The Morgan fingerprint density at radius 3 is 2.64 bits per heavy atom. The van der Waals surface area contributed by atoms with Crippen molar-refractivity contribution < 1.29 is 9.57 Å². The SMILES string of the molecule is CCON=C(C)COc1ccccc1. The van der Waals surface area contributed by atoms with Gasteiger partial charge in [-0.05, 0) is 26.0 Å². The molecule has 0 atom stereocenters. The lowest BCUT2D eigenvalue weighted by atomic mass is 10.3. The molecule has 0 aliphatic rings. The molecule has 76 valence electrons. The third kappa shape index (κ3) is 3.94. The van der Waals surface area contributed by atoms with Crippen molar-refractivity contribution in [3.05, 3.63) is 30.3 Å². The first-order valence-electron chi connectivity index (χ1n) is 4.66. The molecule has 0 fully saturated rings. The Kier molecular flexibility index (Phi) is 4.55. The summed E-state index contributed by atoms with van der Waals surface area (Å²) in [6.45, 7) is 4.82. The lowest BCUT2D eigenvalue weighted by Gasteiger charge is -2.04. The normalized spacial score (nSPS) is 11.1. The molecular formula is C11H15NO2. The van der Waals surface area contributed by atoms with Gasteiger partial charge in [0.2, 0.25) is 0 Å². The molecule has 0 amide bonds. The number of para-hydroxylation sites is 1. The first-order valence-corrected chi connectivity index (χ1v) is 4.66. The highest BCUT2D eigenvalue weighted by atomic mass is 16.6.